The fourth-order valence-electron chi connectivity index (χ4n) is 6.04. The second-order valence-corrected chi connectivity index (χ2v) is 13.4. The van der Waals surface area contributed by atoms with Gasteiger partial charge in [0.05, 0.1) is 16.8 Å². The number of aromatic nitrogens is 2. The molecule has 2 aromatic carbocycles. The van der Waals surface area contributed by atoms with Gasteiger partial charge in [0.2, 0.25) is 0 Å². The number of sulfone groups is 1. The highest BCUT2D eigenvalue weighted by Gasteiger charge is 2.30. The third kappa shape index (κ3) is 6.34. The predicted octanol–water partition coefficient (Wildman–Crippen LogP) is 5.97. The standard InChI is InChI=1S/C33H36N6O3S/c1-22-18-26(19-23(2)35-22)36-31-21-34-32(20-29(31)24-8-10-28(11-9-24)43(3,41)42)38-15-13-27(14-16-38)39-17-12-25-6-4-5-7-30(25)37-33(39)40/h4-11,18-21,27H,12-17H2,1-3H3,(H,35,36)(H,37,40). The number of hydrogen-bond donors (Lipinski definition) is 2. The zero-order chi connectivity index (χ0) is 30.1. The molecule has 6 rings (SSSR count). The van der Waals surface area contributed by atoms with Crippen LogP contribution in [0.4, 0.5) is 27.7 Å². The van der Waals surface area contributed by atoms with E-state index in [0.717, 1.165) is 77.7 Å². The molecule has 2 aromatic heterocycles. The van der Waals surface area contributed by atoms with Crippen LogP contribution in [0.2, 0.25) is 0 Å². The molecule has 2 aliphatic heterocycles. The summed E-state index contributed by atoms with van der Waals surface area (Å²) in [7, 11) is -3.31. The number of carbonyl (C=O) groups is 1. The molecule has 0 atom stereocenters. The zero-order valence-corrected chi connectivity index (χ0v) is 25.5. The zero-order valence-electron chi connectivity index (χ0n) is 24.7. The lowest BCUT2D eigenvalue weighted by molar-refractivity contribution is 0.177. The number of nitrogens with one attached hydrogen (secondary N) is 2. The maximum Gasteiger partial charge on any atom is 0.322 e. The summed E-state index contributed by atoms with van der Waals surface area (Å²) < 4.78 is 24.2. The minimum Gasteiger partial charge on any atom is -0.356 e. The van der Waals surface area contributed by atoms with Crippen LogP contribution in [0.1, 0.15) is 29.8 Å². The highest BCUT2D eigenvalue weighted by atomic mass is 32.2. The summed E-state index contributed by atoms with van der Waals surface area (Å²) in [6, 6.07) is 21.1. The number of nitrogens with zero attached hydrogens (tertiary/aromatic N) is 4. The fraction of sp³-hybridized carbons (Fsp3) is 0.303. The van der Waals surface area contributed by atoms with Crippen molar-refractivity contribution in [3.63, 3.8) is 0 Å². The Labute approximate surface area is 252 Å². The second-order valence-electron chi connectivity index (χ2n) is 11.4. The second kappa shape index (κ2) is 11.7. The third-order valence-corrected chi connectivity index (χ3v) is 9.34. The van der Waals surface area contributed by atoms with E-state index in [9.17, 15) is 13.2 Å². The van der Waals surface area contributed by atoms with Crippen LogP contribution in [0, 0.1) is 13.8 Å². The van der Waals surface area contributed by atoms with E-state index in [-0.39, 0.29) is 17.0 Å². The van der Waals surface area contributed by atoms with Crippen molar-refractivity contribution < 1.29 is 13.2 Å². The van der Waals surface area contributed by atoms with Crippen molar-refractivity contribution >= 4 is 38.7 Å². The number of carbonyl (C=O) groups excluding carboxylic acids is 1. The van der Waals surface area contributed by atoms with E-state index >= 15 is 0 Å². The quantitative estimate of drug-likeness (QED) is 0.283. The maximum atomic E-state index is 13.1. The van der Waals surface area contributed by atoms with Gasteiger partial charge in [0.1, 0.15) is 5.82 Å². The number of piperidine rings is 1. The minimum absolute atomic E-state index is 0.0293. The molecule has 0 radical (unpaired) electrons. The number of anilines is 4. The highest BCUT2D eigenvalue weighted by molar-refractivity contribution is 7.90. The van der Waals surface area contributed by atoms with E-state index in [4.69, 9.17) is 4.98 Å². The summed E-state index contributed by atoms with van der Waals surface area (Å²) in [5.41, 5.74) is 7.43. The average Bonchev–Trinajstić information content (AvgIpc) is 3.15. The molecule has 2 N–H and O–H groups in total. The molecular weight excluding hydrogens is 560 g/mol. The highest BCUT2D eigenvalue weighted by Crippen LogP contribution is 2.35. The molecule has 4 aromatic rings. The van der Waals surface area contributed by atoms with Crippen LogP contribution in [0.3, 0.4) is 0 Å². The molecule has 2 amide bonds. The summed E-state index contributed by atoms with van der Waals surface area (Å²) in [5.74, 6) is 0.848. The van der Waals surface area contributed by atoms with Gasteiger partial charge in [-0.15, -0.1) is 0 Å². The molecule has 10 heteroatoms. The number of pyridine rings is 2. The Bertz CT molecular complexity index is 1750. The van der Waals surface area contributed by atoms with Crippen LogP contribution in [-0.2, 0) is 16.3 Å². The van der Waals surface area contributed by atoms with Crippen molar-refractivity contribution in [3.8, 4) is 11.1 Å². The molecule has 43 heavy (non-hydrogen) atoms. The number of amides is 2. The SMILES string of the molecule is Cc1cc(Nc2cnc(N3CCC(N4CCc5ccccc5NC4=O)CC3)cc2-c2ccc(S(C)(=O)=O)cc2)cc(C)n1. The van der Waals surface area contributed by atoms with Gasteiger partial charge in [0.15, 0.2) is 9.84 Å². The van der Waals surface area contributed by atoms with Crippen LogP contribution in [0.15, 0.2) is 77.8 Å². The van der Waals surface area contributed by atoms with Crippen molar-refractivity contribution in [3.05, 3.63) is 89.9 Å². The van der Waals surface area contributed by atoms with E-state index in [1.54, 1.807) is 12.1 Å². The first kappa shape index (κ1) is 28.7. The Morgan fingerprint density at radius 2 is 1.63 bits per heavy atom. The molecule has 0 aliphatic carbocycles. The van der Waals surface area contributed by atoms with Crippen LogP contribution < -0.4 is 15.5 Å². The summed E-state index contributed by atoms with van der Waals surface area (Å²) in [5, 5.41) is 6.60. The number of aryl methyl sites for hydroxylation is 2. The minimum atomic E-state index is -3.31. The molecule has 0 saturated carbocycles. The monoisotopic (exact) mass is 596 g/mol. The van der Waals surface area contributed by atoms with Gasteiger partial charge in [0, 0.05) is 60.3 Å². The lowest BCUT2D eigenvalue weighted by Crippen LogP contribution is -2.49. The lowest BCUT2D eigenvalue weighted by Gasteiger charge is -2.38. The molecule has 1 fully saturated rings. The molecule has 0 bridgehead atoms. The number of urea groups is 1. The first-order chi connectivity index (χ1) is 20.6. The molecule has 1 saturated heterocycles. The van der Waals surface area contributed by atoms with Gasteiger partial charge in [-0.05, 0) is 80.6 Å². The summed E-state index contributed by atoms with van der Waals surface area (Å²) >= 11 is 0. The van der Waals surface area contributed by atoms with E-state index in [0.29, 0.717) is 6.54 Å². The van der Waals surface area contributed by atoms with Crippen LogP contribution >= 0.6 is 0 Å². The lowest BCUT2D eigenvalue weighted by atomic mass is 10.0. The Morgan fingerprint density at radius 1 is 0.930 bits per heavy atom. The van der Waals surface area contributed by atoms with Crippen LogP contribution in [-0.4, -0.2) is 61.2 Å². The van der Waals surface area contributed by atoms with Gasteiger partial charge in [-0.25, -0.2) is 18.2 Å². The van der Waals surface area contributed by atoms with E-state index < -0.39 is 9.84 Å². The largest absolute Gasteiger partial charge is 0.356 e. The van der Waals surface area contributed by atoms with Gasteiger partial charge < -0.3 is 20.4 Å². The Hall–Kier alpha value is -4.44. The van der Waals surface area contributed by atoms with Crippen molar-refractivity contribution in [2.75, 3.05) is 41.4 Å². The summed E-state index contributed by atoms with van der Waals surface area (Å²) in [6.45, 7) is 6.17. The van der Waals surface area contributed by atoms with E-state index in [2.05, 4.69) is 32.7 Å². The van der Waals surface area contributed by atoms with Gasteiger partial charge >= 0.3 is 6.03 Å². The van der Waals surface area contributed by atoms with Crippen molar-refractivity contribution in [1.82, 2.24) is 14.9 Å². The van der Waals surface area contributed by atoms with Gasteiger partial charge in [0.25, 0.3) is 0 Å². The summed E-state index contributed by atoms with van der Waals surface area (Å²) in [4.78, 5) is 26.9. The topological polar surface area (TPSA) is 108 Å². The predicted molar refractivity (Wildman–Crippen MR) is 171 cm³/mol. The van der Waals surface area contributed by atoms with Gasteiger partial charge in [-0.1, -0.05) is 30.3 Å². The number of para-hydroxylation sites is 1. The number of rotatable bonds is 6. The Balaban J connectivity index is 1.24. The van der Waals surface area contributed by atoms with Crippen LogP contribution in [0.5, 0.6) is 0 Å². The van der Waals surface area contributed by atoms with E-state index in [1.165, 1.54) is 11.8 Å². The number of hydrogen-bond acceptors (Lipinski definition) is 7. The first-order valence-corrected chi connectivity index (χ1v) is 16.5. The first-order valence-electron chi connectivity index (χ1n) is 14.6. The normalized spacial score (nSPS) is 15.9. The molecule has 0 spiro atoms. The molecule has 2 aliphatic rings. The Morgan fingerprint density at radius 3 is 2.33 bits per heavy atom. The van der Waals surface area contributed by atoms with E-state index in [1.807, 2.05) is 67.4 Å². The number of benzene rings is 2. The summed E-state index contributed by atoms with van der Waals surface area (Å²) in [6.07, 6.45) is 5.58. The maximum absolute atomic E-state index is 13.1. The smallest absolute Gasteiger partial charge is 0.322 e. The molecule has 222 valence electrons. The van der Waals surface area contributed by atoms with Crippen molar-refractivity contribution in [2.24, 2.45) is 0 Å². The molecular formula is C33H36N6O3S. The number of fused-ring (bicyclic) bond motifs is 1. The van der Waals surface area contributed by atoms with Crippen LogP contribution in [0.25, 0.3) is 11.1 Å². The Kier molecular flexibility index (Phi) is 7.79. The fourth-order valence-corrected chi connectivity index (χ4v) is 6.67. The van der Waals surface area contributed by atoms with Crippen molar-refractivity contribution in [2.45, 2.75) is 44.0 Å². The van der Waals surface area contributed by atoms with Gasteiger partial charge in [-0.2, -0.15) is 0 Å². The van der Waals surface area contributed by atoms with Gasteiger partial charge in [-0.3, -0.25) is 4.98 Å². The average molecular weight is 597 g/mol. The molecule has 0 unspecified atom stereocenters. The van der Waals surface area contributed by atoms with Crippen molar-refractivity contribution in [1.29, 1.82) is 0 Å². The molecule has 4 heterocycles. The third-order valence-electron chi connectivity index (χ3n) is 8.21. The molecule has 9 nitrogen and oxygen atoms in total.